The highest BCUT2D eigenvalue weighted by atomic mass is 32.2. The number of hydrogen-bond acceptors (Lipinski definition) is 5. The van der Waals surface area contributed by atoms with Crippen LogP contribution >= 0.6 is 11.8 Å². The van der Waals surface area contributed by atoms with Crippen molar-refractivity contribution in [3.05, 3.63) is 42.1 Å². The topological polar surface area (TPSA) is 59.2 Å². The average Bonchev–Trinajstić information content (AvgIpc) is 3.22. The Morgan fingerprint density at radius 3 is 2.79 bits per heavy atom. The molecule has 1 saturated heterocycles. The molecule has 3 rings (SSSR count). The van der Waals surface area contributed by atoms with E-state index in [2.05, 4.69) is 9.97 Å². The van der Waals surface area contributed by atoms with Crippen LogP contribution in [-0.4, -0.2) is 39.5 Å². The summed E-state index contributed by atoms with van der Waals surface area (Å²) in [5.74, 6) is 0.0799. The molecule has 1 amide bonds. The predicted octanol–water partition coefficient (Wildman–Crippen LogP) is 3.53. The van der Waals surface area contributed by atoms with Crippen LogP contribution in [0, 0.1) is 0 Å². The highest BCUT2D eigenvalue weighted by Crippen LogP contribution is 2.33. The standard InChI is InChI=1S/C15H14F3N3O2S/c16-15(17,18)12-3-1-8-21(12)13(22)11-5-4-10(23-11)9-24-14-19-6-2-7-20-14/h2,4-7,12H,1,3,8-9H2. The Labute approximate surface area is 140 Å². The molecule has 1 aliphatic heterocycles. The minimum absolute atomic E-state index is 0.0655. The van der Waals surface area contributed by atoms with Crippen molar-refractivity contribution in [3.8, 4) is 0 Å². The third-order valence-corrected chi connectivity index (χ3v) is 4.55. The fourth-order valence-corrected chi connectivity index (χ4v) is 3.25. The number of halogens is 3. The molecule has 24 heavy (non-hydrogen) atoms. The van der Waals surface area contributed by atoms with Gasteiger partial charge >= 0.3 is 6.18 Å². The van der Waals surface area contributed by atoms with Crippen LogP contribution in [0.1, 0.15) is 29.2 Å². The summed E-state index contributed by atoms with van der Waals surface area (Å²) < 4.78 is 44.3. The summed E-state index contributed by atoms with van der Waals surface area (Å²) in [6, 6.07) is 2.96. The third-order valence-electron chi connectivity index (χ3n) is 3.65. The monoisotopic (exact) mass is 357 g/mol. The molecule has 1 atom stereocenters. The van der Waals surface area contributed by atoms with E-state index in [0.717, 1.165) is 4.90 Å². The quantitative estimate of drug-likeness (QED) is 0.619. The van der Waals surface area contributed by atoms with Crippen molar-refractivity contribution in [2.24, 2.45) is 0 Å². The summed E-state index contributed by atoms with van der Waals surface area (Å²) in [4.78, 5) is 21.2. The Morgan fingerprint density at radius 1 is 1.33 bits per heavy atom. The fraction of sp³-hybridized carbons (Fsp3) is 0.400. The van der Waals surface area contributed by atoms with Gasteiger partial charge in [0.05, 0.1) is 5.75 Å². The van der Waals surface area contributed by atoms with Crippen LogP contribution in [0.2, 0.25) is 0 Å². The number of rotatable bonds is 4. The van der Waals surface area contributed by atoms with Crippen molar-refractivity contribution in [2.75, 3.05) is 6.54 Å². The van der Waals surface area contributed by atoms with Crippen LogP contribution in [0.5, 0.6) is 0 Å². The Balaban J connectivity index is 1.65. The van der Waals surface area contributed by atoms with Gasteiger partial charge in [0.2, 0.25) is 0 Å². The number of carbonyl (C=O) groups excluding carboxylic acids is 1. The summed E-state index contributed by atoms with van der Waals surface area (Å²) in [7, 11) is 0. The zero-order valence-corrected chi connectivity index (χ0v) is 13.3. The highest BCUT2D eigenvalue weighted by molar-refractivity contribution is 7.98. The summed E-state index contributed by atoms with van der Waals surface area (Å²) >= 11 is 1.31. The Kier molecular flexibility index (Phi) is 4.79. The normalized spacial score (nSPS) is 18.1. The second-order valence-electron chi connectivity index (χ2n) is 5.28. The maximum atomic E-state index is 13.0. The van der Waals surface area contributed by atoms with Gasteiger partial charge in [0.15, 0.2) is 10.9 Å². The van der Waals surface area contributed by atoms with Crippen molar-refractivity contribution < 1.29 is 22.4 Å². The SMILES string of the molecule is O=C(c1ccc(CSc2ncccn2)o1)N1CCCC1C(F)(F)F. The van der Waals surface area contributed by atoms with E-state index in [9.17, 15) is 18.0 Å². The van der Waals surface area contributed by atoms with E-state index in [-0.39, 0.29) is 18.7 Å². The van der Waals surface area contributed by atoms with Crippen LogP contribution in [0.15, 0.2) is 40.2 Å². The average molecular weight is 357 g/mol. The van der Waals surface area contributed by atoms with Crippen molar-refractivity contribution in [1.82, 2.24) is 14.9 Å². The molecule has 0 spiro atoms. The molecular weight excluding hydrogens is 343 g/mol. The molecule has 5 nitrogen and oxygen atoms in total. The lowest BCUT2D eigenvalue weighted by atomic mass is 10.2. The summed E-state index contributed by atoms with van der Waals surface area (Å²) in [6.45, 7) is 0.0889. The second-order valence-corrected chi connectivity index (χ2v) is 6.23. The predicted molar refractivity (Wildman–Crippen MR) is 80.4 cm³/mol. The van der Waals surface area contributed by atoms with E-state index in [1.165, 1.54) is 17.8 Å². The summed E-state index contributed by atoms with van der Waals surface area (Å²) in [5.41, 5.74) is 0. The lowest BCUT2D eigenvalue weighted by molar-refractivity contribution is -0.169. The van der Waals surface area contributed by atoms with Crippen LogP contribution in [0.4, 0.5) is 13.2 Å². The highest BCUT2D eigenvalue weighted by Gasteiger charge is 2.48. The Morgan fingerprint density at radius 2 is 2.08 bits per heavy atom. The number of furan rings is 1. The zero-order chi connectivity index (χ0) is 17.2. The number of amides is 1. The number of aromatic nitrogens is 2. The van der Waals surface area contributed by atoms with E-state index < -0.39 is 18.1 Å². The van der Waals surface area contributed by atoms with Crippen LogP contribution in [0.3, 0.4) is 0 Å². The lowest BCUT2D eigenvalue weighted by Gasteiger charge is -2.25. The molecule has 9 heteroatoms. The fourth-order valence-electron chi connectivity index (χ4n) is 2.56. The minimum atomic E-state index is -4.41. The van der Waals surface area contributed by atoms with Gasteiger partial charge < -0.3 is 9.32 Å². The van der Waals surface area contributed by atoms with Crippen molar-refractivity contribution in [2.45, 2.75) is 36.0 Å². The minimum Gasteiger partial charge on any atom is -0.455 e. The maximum Gasteiger partial charge on any atom is 0.408 e. The number of hydrogen-bond donors (Lipinski definition) is 0. The summed E-state index contributed by atoms with van der Waals surface area (Å²) in [5, 5.41) is 0.554. The molecule has 2 aromatic heterocycles. The molecule has 1 aliphatic rings. The lowest BCUT2D eigenvalue weighted by Crippen LogP contribution is -2.44. The third kappa shape index (κ3) is 3.72. The van der Waals surface area contributed by atoms with Gasteiger partial charge in [-0.2, -0.15) is 13.2 Å². The number of alkyl halides is 3. The van der Waals surface area contributed by atoms with E-state index in [4.69, 9.17) is 4.42 Å². The first kappa shape index (κ1) is 16.8. The number of nitrogens with zero attached hydrogens (tertiary/aromatic N) is 3. The van der Waals surface area contributed by atoms with Gasteiger partial charge in [-0.25, -0.2) is 9.97 Å². The largest absolute Gasteiger partial charge is 0.455 e. The van der Waals surface area contributed by atoms with Crippen LogP contribution < -0.4 is 0 Å². The second kappa shape index (κ2) is 6.84. The Hall–Kier alpha value is -2.03. The molecule has 0 aliphatic carbocycles. The van der Waals surface area contributed by atoms with Gasteiger partial charge in [-0.3, -0.25) is 4.79 Å². The molecular formula is C15H14F3N3O2S. The molecule has 3 heterocycles. The first-order valence-electron chi connectivity index (χ1n) is 7.31. The molecule has 0 radical (unpaired) electrons. The van der Waals surface area contributed by atoms with Crippen molar-refractivity contribution in [1.29, 1.82) is 0 Å². The van der Waals surface area contributed by atoms with Gasteiger partial charge in [-0.05, 0) is 31.0 Å². The molecule has 0 aromatic carbocycles. The van der Waals surface area contributed by atoms with E-state index in [0.29, 0.717) is 23.1 Å². The summed E-state index contributed by atoms with van der Waals surface area (Å²) in [6.07, 6.45) is -0.926. The van der Waals surface area contributed by atoms with Crippen LogP contribution in [0.25, 0.3) is 0 Å². The Bertz CT molecular complexity index is 705. The smallest absolute Gasteiger partial charge is 0.408 e. The van der Waals surface area contributed by atoms with Crippen molar-refractivity contribution in [3.63, 3.8) is 0 Å². The number of likely N-dealkylation sites (tertiary alicyclic amines) is 1. The molecule has 1 fully saturated rings. The van der Waals surface area contributed by atoms with E-state index in [1.54, 1.807) is 24.5 Å². The number of carbonyl (C=O) groups is 1. The molecule has 128 valence electrons. The van der Waals surface area contributed by atoms with Gasteiger partial charge in [0.25, 0.3) is 5.91 Å². The molecule has 2 aromatic rings. The molecule has 1 unspecified atom stereocenters. The zero-order valence-electron chi connectivity index (χ0n) is 12.5. The van der Waals surface area contributed by atoms with Gasteiger partial charge in [-0.1, -0.05) is 11.8 Å². The first-order valence-corrected chi connectivity index (χ1v) is 8.30. The van der Waals surface area contributed by atoms with Gasteiger partial charge in [0, 0.05) is 18.9 Å². The molecule has 0 N–H and O–H groups in total. The van der Waals surface area contributed by atoms with Crippen LogP contribution in [-0.2, 0) is 5.75 Å². The van der Waals surface area contributed by atoms with E-state index in [1.807, 2.05) is 0 Å². The van der Waals surface area contributed by atoms with Crippen molar-refractivity contribution >= 4 is 17.7 Å². The molecule has 0 bridgehead atoms. The van der Waals surface area contributed by atoms with E-state index >= 15 is 0 Å². The maximum absolute atomic E-state index is 13.0. The molecule has 0 saturated carbocycles. The first-order chi connectivity index (χ1) is 11.4. The van der Waals surface area contributed by atoms with Gasteiger partial charge in [0.1, 0.15) is 11.8 Å². The number of thioether (sulfide) groups is 1. The van der Waals surface area contributed by atoms with Gasteiger partial charge in [-0.15, -0.1) is 0 Å².